The summed E-state index contributed by atoms with van der Waals surface area (Å²) in [6.07, 6.45) is -2.39. The number of hydrogen-bond donors (Lipinski definition) is 3. The van der Waals surface area contributed by atoms with Gasteiger partial charge in [0.2, 0.25) is 0 Å². The Bertz CT molecular complexity index is 1900. The Kier molecular flexibility index (Phi) is 8.17. The van der Waals surface area contributed by atoms with Gasteiger partial charge in [-0.25, -0.2) is 4.98 Å². The first-order valence-corrected chi connectivity index (χ1v) is 14.5. The van der Waals surface area contributed by atoms with Gasteiger partial charge in [0.1, 0.15) is 18.0 Å². The molecule has 0 spiro atoms. The van der Waals surface area contributed by atoms with E-state index >= 15 is 0 Å². The molecule has 0 bridgehead atoms. The van der Waals surface area contributed by atoms with E-state index in [-0.39, 0.29) is 49.0 Å². The van der Waals surface area contributed by atoms with E-state index in [0.29, 0.717) is 52.3 Å². The minimum Gasteiger partial charge on any atom is -0.393 e. The molecule has 2 aromatic carbocycles. The third kappa shape index (κ3) is 6.00. The molecule has 1 aliphatic heterocycles. The summed E-state index contributed by atoms with van der Waals surface area (Å²) < 4.78 is 44.7. The second-order valence-electron chi connectivity index (χ2n) is 11.3. The first-order chi connectivity index (χ1) is 22.0. The molecule has 3 N–H and O–H groups in total. The summed E-state index contributed by atoms with van der Waals surface area (Å²) >= 11 is 0. The van der Waals surface area contributed by atoms with Gasteiger partial charge in [0, 0.05) is 37.3 Å². The van der Waals surface area contributed by atoms with Crippen LogP contribution < -0.4 is 15.5 Å². The Morgan fingerprint density at radius 3 is 2.57 bits per heavy atom. The largest absolute Gasteiger partial charge is 0.416 e. The SMILES string of the molecule is Cn1cnnc1-c1ccc(C#N)cc1-c1cc(NCCC#N)nc(N2Cc3c(cc(CN[C@H]4C[C@@H](O)C4)cc3C(F)(F)F)C2=O)c1. The first kappa shape index (κ1) is 30.7. The highest BCUT2D eigenvalue weighted by Crippen LogP contribution is 2.41. The monoisotopic (exact) mass is 627 g/mol. The molecular weight excluding hydrogens is 599 g/mol. The maximum absolute atomic E-state index is 14.3. The quantitative estimate of drug-likeness (QED) is 0.227. The normalized spacial score (nSPS) is 17.3. The molecule has 0 radical (unpaired) electrons. The number of aliphatic hydroxyl groups is 1. The van der Waals surface area contributed by atoms with E-state index in [4.69, 9.17) is 5.26 Å². The minimum atomic E-state index is -4.70. The van der Waals surface area contributed by atoms with Gasteiger partial charge in [0.05, 0.1) is 42.3 Å². The zero-order valence-electron chi connectivity index (χ0n) is 24.6. The lowest BCUT2D eigenvalue weighted by molar-refractivity contribution is -0.138. The van der Waals surface area contributed by atoms with Crippen LogP contribution in [0.3, 0.4) is 0 Å². The fourth-order valence-corrected chi connectivity index (χ4v) is 5.75. The second-order valence-corrected chi connectivity index (χ2v) is 11.3. The zero-order valence-corrected chi connectivity index (χ0v) is 24.6. The number of nitriles is 2. The fraction of sp³-hybridized carbons (Fsp3) is 0.312. The highest BCUT2D eigenvalue weighted by molar-refractivity contribution is 6.10. The second kappa shape index (κ2) is 12.2. The van der Waals surface area contributed by atoms with Gasteiger partial charge in [-0.3, -0.25) is 9.69 Å². The van der Waals surface area contributed by atoms with Crippen LogP contribution in [0.5, 0.6) is 0 Å². The molecule has 2 aromatic heterocycles. The van der Waals surface area contributed by atoms with Crippen molar-refractivity contribution < 1.29 is 23.1 Å². The number of alkyl halides is 3. The van der Waals surface area contributed by atoms with Crippen LogP contribution in [0.2, 0.25) is 0 Å². The van der Waals surface area contributed by atoms with Gasteiger partial charge in [-0.05, 0) is 77.6 Å². The fourth-order valence-electron chi connectivity index (χ4n) is 5.75. The number of hydrogen-bond acceptors (Lipinski definition) is 9. The molecule has 2 aliphatic rings. The molecule has 1 aliphatic carbocycles. The van der Waals surface area contributed by atoms with Crippen molar-refractivity contribution in [3.63, 3.8) is 0 Å². The molecule has 11 nitrogen and oxygen atoms in total. The van der Waals surface area contributed by atoms with Crippen LogP contribution in [0.1, 0.15) is 51.9 Å². The molecule has 3 heterocycles. The van der Waals surface area contributed by atoms with E-state index in [9.17, 15) is 28.3 Å². The Labute approximate surface area is 261 Å². The van der Waals surface area contributed by atoms with Crippen LogP contribution in [0.4, 0.5) is 24.8 Å². The number of carbonyl (C=O) groups excluding carboxylic acids is 1. The van der Waals surface area contributed by atoms with Crippen LogP contribution in [0.15, 0.2) is 48.8 Å². The zero-order chi connectivity index (χ0) is 32.6. The van der Waals surface area contributed by atoms with Gasteiger partial charge in [-0.2, -0.15) is 23.7 Å². The van der Waals surface area contributed by atoms with Crippen molar-refractivity contribution in [1.29, 1.82) is 10.5 Å². The average Bonchev–Trinajstić information content (AvgIpc) is 3.60. The molecule has 1 saturated carbocycles. The summed E-state index contributed by atoms with van der Waals surface area (Å²) in [5, 5.41) is 42.6. The van der Waals surface area contributed by atoms with E-state index in [1.165, 1.54) is 17.3 Å². The Hall–Kier alpha value is -5.31. The number of aliphatic hydroxyl groups excluding tert-OH is 1. The lowest BCUT2D eigenvalue weighted by Gasteiger charge is -2.32. The molecule has 0 atom stereocenters. The third-order valence-electron chi connectivity index (χ3n) is 8.16. The van der Waals surface area contributed by atoms with Gasteiger partial charge in [-0.1, -0.05) is 0 Å². The number of halogens is 3. The maximum atomic E-state index is 14.3. The van der Waals surface area contributed by atoms with Crippen molar-refractivity contribution in [3.05, 3.63) is 76.6 Å². The predicted octanol–water partition coefficient (Wildman–Crippen LogP) is 4.53. The van der Waals surface area contributed by atoms with E-state index < -0.39 is 23.8 Å². The number of aryl methyl sites for hydroxylation is 1. The van der Waals surface area contributed by atoms with Gasteiger partial charge in [0.25, 0.3) is 5.91 Å². The van der Waals surface area contributed by atoms with Gasteiger partial charge >= 0.3 is 6.18 Å². The molecule has 1 fully saturated rings. The highest BCUT2D eigenvalue weighted by atomic mass is 19.4. The van der Waals surface area contributed by atoms with Crippen molar-refractivity contribution in [2.24, 2.45) is 7.05 Å². The Morgan fingerprint density at radius 1 is 1.09 bits per heavy atom. The molecule has 0 saturated heterocycles. The van der Waals surface area contributed by atoms with E-state index in [2.05, 4.69) is 31.9 Å². The van der Waals surface area contributed by atoms with Gasteiger partial charge in [0.15, 0.2) is 5.82 Å². The standard InChI is InChI=1S/C32H28F3N9O2/c1-43-17-40-42-30(43)23-4-3-18(14-37)7-24(23)20-10-28(38-6-2-5-36)41-29(11-20)44-16-26-25(31(44)46)8-19(9-27(26)32(33,34)35)15-39-21-12-22(45)13-21/h3-4,7-11,17,21-22,39,45H,2,6,12-13,15-16H2,1H3,(H,38,41)/t21-,22+. The lowest BCUT2D eigenvalue weighted by Crippen LogP contribution is -2.43. The Balaban J connectivity index is 1.42. The number of carbonyl (C=O) groups is 1. The smallest absolute Gasteiger partial charge is 0.393 e. The molecule has 4 aromatic rings. The first-order valence-electron chi connectivity index (χ1n) is 14.5. The summed E-state index contributed by atoms with van der Waals surface area (Å²) in [7, 11) is 1.77. The van der Waals surface area contributed by atoms with Crippen LogP contribution in [0.25, 0.3) is 22.5 Å². The molecule has 1 amide bonds. The van der Waals surface area contributed by atoms with E-state index in [0.717, 1.165) is 6.07 Å². The summed E-state index contributed by atoms with van der Waals surface area (Å²) in [5.41, 5.74) is 1.30. The number of amides is 1. The van der Waals surface area contributed by atoms with Gasteiger partial charge < -0.3 is 20.3 Å². The van der Waals surface area contributed by atoms with Crippen molar-refractivity contribution in [2.75, 3.05) is 16.8 Å². The summed E-state index contributed by atoms with van der Waals surface area (Å²) in [6.45, 7) is -0.00265. The lowest BCUT2D eigenvalue weighted by atomic mass is 9.89. The molecule has 14 heteroatoms. The molecule has 46 heavy (non-hydrogen) atoms. The molecular formula is C32H28F3N9O2. The number of nitrogens with one attached hydrogen (secondary N) is 2. The number of benzene rings is 2. The number of rotatable bonds is 9. The summed E-state index contributed by atoms with van der Waals surface area (Å²) in [6, 6.07) is 15.0. The molecule has 6 rings (SSSR count). The number of anilines is 2. The number of nitrogens with zero attached hydrogens (tertiary/aromatic N) is 7. The predicted molar refractivity (Wildman–Crippen MR) is 161 cm³/mol. The van der Waals surface area contributed by atoms with Crippen LogP contribution in [-0.2, 0) is 26.3 Å². The molecule has 0 unspecified atom stereocenters. The highest BCUT2D eigenvalue weighted by Gasteiger charge is 2.41. The number of fused-ring (bicyclic) bond motifs is 1. The molecule has 234 valence electrons. The van der Waals surface area contributed by atoms with Crippen molar-refractivity contribution in [3.8, 4) is 34.7 Å². The van der Waals surface area contributed by atoms with E-state index in [1.54, 1.807) is 41.9 Å². The average molecular weight is 628 g/mol. The van der Waals surface area contributed by atoms with Crippen LogP contribution >= 0.6 is 0 Å². The van der Waals surface area contributed by atoms with E-state index in [1.807, 2.05) is 6.07 Å². The minimum absolute atomic E-state index is 0.00495. The van der Waals surface area contributed by atoms with Crippen LogP contribution in [0, 0.1) is 22.7 Å². The number of pyridine rings is 1. The topological polar surface area (TPSA) is 156 Å². The van der Waals surface area contributed by atoms with Crippen molar-refractivity contribution >= 4 is 17.5 Å². The third-order valence-corrected chi connectivity index (χ3v) is 8.16. The van der Waals surface area contributed by atoms with Gasteiger partial charge in [-0.15, -0.1) is 10.2 Å². The van der Waals surface area contributed by atoms with Crippen LogP contribution in [-0.4, -0.2) is 49.5 Å². The van der Waals surface area contributed by atoms with Crippen molar-refractivity contribution in [1.82, 2.24) is 25.1 Å². The maximum Gasteiger partial charge on any atom is 0.416 e. The summed E-state index contributed by atoms with van der Waals surface area (Å²) in [4.78, 5) is 19.6. The Morgan fingerprint density at radius 2 is 1.89 bits per heavy atom. The summed E-state index contributed by atoms with van der Waals surface area (Å²) in [5.74, 6) is 0.268. The number of aromatic nitrogens is 4. The van der Waals surface area contributed by atoms with Crippen molar-refractivity contribution in [2.45, 2.75) is 50.7 Å².